The topological polar surface area (TPSA) is 92.3 Å². The van der Waals surface area contributed by atoms with Gasteiger partial charge in [0.25, 0.3) is 0 Å². The van der Waals surface area contributed by atoms with Crippen molar-refractivity contribution in [3.05, 3.63) is 48.3 Å². The molecule has 0 spiro atoms. The normalized spacial score (nSPS) is 10.5. The number of methoxy groups -OCH3 is 1. The van der Waals surface area contributed by atoms with Gasteiger partial charge < -0.3 is 10.1 Å². The van der Waals surface area contributed by atoms with E-state index < -0.39 is 0 Å². The second-order valence-corrected chi connectivity index (χ2v) is 5.14. The summed E-state index contributed by atoms with van der Waals surface area (Å²) in [6.07, 6.45) is 1.74. The van der Waals surface area contributed by atoms with E-state index in [9.17, 15) is 4.79 Å². The van der Waals surface area contributed by atoms with E-state index in [-0.39, 0.29) is 12.3 Å². The molecular weight excluding hydrogens is 306 g/mol. The molecule has 0 aliphatic heterocycles. The lowest BCUT2D eigenvalue weighted by molar-refractivity contribution is -0.117. The number of carbonyl (C=O) groups is 1. The molecule has 1 N–H and O–H groups in total. The van der Waals surface area contributed by atoms with E-state index in [2.05, 4.69) is 21.5 Å². The fourth-order valence-electron chi connectivity index (χ4n) is 2.34. The summed E-state index contributed by atoms with van der Waals surface area (Å²) >= 11 is 0. The van der Waals surface area contributed by atoms with E-state index in [4.69, 9.17) is 10.00 Å². The zero-order valence-corrected chi connectivity index (χ0v) is 13.1. The third-order valence-electron chi connectivity index (χ3n) is 3.51. The van der Waals surface area contributed by atoms with Crippen LogP contribution in [0.15, 0.2) is 42.7 Å². The first-order chi connectivity index (χ1) is 11.7. The zero-order chi connectivity index (χ0) is 16.9. The third kappa shape index (κ3) is 3.24. The first-order valence-electron chi connectivity index (χ1n) is 7.34. The third-order valence-corrected chi connectivity index (χ3v) is 3.51. The van der Waals surface area contributed by atoms with E-state index in [1.165, 1.54) is 6.33 Å². The van der Waals surface area contributed by atoms with E-state index in [0.717, 1.165) is 11.3 Å². The maximum Gasteiger partial charge on any atom is 0.226 e. The predicted octanol–water partition coefficient (Wildman–Crippen LogP) is 2.24. The SMILES string of the molecule is COCCC(=O)Nc1cc(-c2ccc(C#N)cc2)n2ncnc2c1. The molecule has 24 heavy (non-hydrogen) atoms. The average Bonchev–Trinajstić information content (AvgIpc) is 3.08. The number of aromatic nitrogens is 3. The van der Waals surface area contributed by atoms with E-state index >= 15 is 0 Å². The molecule has 0 radical (unpaired) electrons. The van der Waals surface area contributed by atoms with Crippen LogP contribution in [0, 0.1) is 11.3 Å². The molecule has 0 saturated heterocycles. The van der Waals surface area contributed by atoms with Gasteiger partial charge in [-0.15, -0.1) is 0 Å². The Labute approximate surface area is 138 Å². The minimum Gasteiger partial charge on any atom is -0.384 e. The Balaban J connectivity index is 1.98. The standard InChI is InChI=1S/C17H15N5O2/c1-24-7-6-17(23)21-14-8-15(22-16(9-14)19-11-20-22)13-4-2-12(10-18)3-5-13/h2-5,8-9,11H,6-7H2,1H3,(H,21,23). The van der Waals surface area contributed by atoms with Gasteiger partial charge in [-0.1, -0.05) is 12.1 Å². The Kier molecular flexibility index (Phi) is 4.50. The van der Waals surface area contributed by atoms with Crippen molar-refractivity contribution in [2.75, 3.05) is 19.0 Å². The van der Waals surface area contributed by atoms with Crippen LogP contribution in [0.5, 0.6) is 0 Å². The minimum atomic E-state index is -0.133. The monoisotopic (exact) mass is 321 g/mol. The molecule has 0 fully saturated rings. The summed E-state index contributed by atoms with van der Waals surface area (Å²) in [6.45, 7) is 0.363. The van der Waals surface area contributed by atoms with Crippen molar-refractivity contribution >= 4 is 17.2 Å². The molecule has 0 aliphatic carbocycles. The maximum absolute atomic E-state index is 11.9. The average molecular weight is 321 g/mol. The summed E-state index contributed by atoms with van der Waals surface area (Å²) in [5.74, 6) is -0.133. The molecule has 0 saturated carbocycles. The lowest BCUT2D eigenvalue weighted by Crippen LogP contribution is -2.14. The summed E-state index contributed by atoms with van der Waals surface area (Å²) < 4.78 is 6.60. The maximum atomic E-state index is 11.9. The number of nitrogens with zero attached hydrogens (tertiary/aromatic N) is 4. The van der Waals surface area contributed by atoms with Crippen LogP contribution in [0.25, 0.3) is 16.9 Å². The van der Waals surface area contributed by atoms with Crippen LogP contribution in [0.3, 0.4) is 0 Å². The van der Waals surface area contributed by atoms with Crippen LogP contribution in [0.2, 0.25) is 0 Å². The van der Waals surface area contributed by atoms with Crippen molar-refractivity contribution < 1.29 is 9.53 Å². The number of nitrogens with one attached hydrogen (secondary N) is 1. The largest absolute Gasteiger partial charge is 0.384 e. The lowest BCUT2D eigenvalue weighted by atomic mass is 10.1. The highest BCUT2D eigenvalue weighted by Crippen LogP contribution is 2.24. The van der Waals surface area contributed by atoms with E-state index in [1.807, 2.05) is 18.2 Å². The van der Waals surface area contributed by atoms with Crippen molar-refractivity contribution in [1.29, 1.82) is 5.26 Å². The van der Waals surface area contributed by atoms with Gasteiger partial charge in [-0.3, -0.25) is 4.79 Å². The quantitative estimate of drug-likeness (QED) is 0.778. The molecule has 0 unspecified atom stereocenters. The Morgan fingerprint density at radius 1 is 1.33 bits per heavy atom. The number of amides is 1. The van der Waals surface area contributed by atoms with Gasteiger partial charge in [0, 0.05) is 24.4 Å². The smallest absolute Gasteiger partial charge is 0.226 e. The number of rotatable bonds is 5. The summed E-state index contributed by atoms with van der Waals surface area (Å²) in [7, 11) is 1.55. The van der Waals surface area contributed by atoms with Crippen LogP contribution < -0.4 is 5.32 Å². The van der Waals surface area contributed by atoms with Crippen LogP contribution in [0.4, 0.5) is 5.69 Å². The highest BCUT2D eigenvalue weighted by molar-refractivity contribution is 5.92. The fourth-order valence-corrected chi connectivity index (χ4v) is 2.34. The molecule has 1 amide bonds. The number of fused-ring (bicyclic) bond motifs is 1. The van der Waals surface area contributed by atoms with Gasteiger partial charge >= 0.3 is 0 Å². The summed E-state index contributed by atoms with van der Waals surface area (Å²) in [4.78, 5) is 16.1. The van der Waals surface area contributed by atoms with E-state index in [0.29, 0.717) is 23.5 Å². The number of nitriles is 1. The van der Waals surface area contributed by atoms with Gasteiger partial charge in [0.05, 0.1) is 30.4 Å². The molecule has 0 bridgehead atoms. The molecule has 1 aromatic carbocycles. The van der Waals surface area contributed by atoms with E-state index in [1.54, 1.807) is 29.8 Å². The lowest BCUT2D eigenvalue weighted by Gasteiger charge is -2.10. The van der Waals surface area contributed by atoms with Gasteiger partial charge in [0.1, 0.15) is 6.33 Å². The summed E-state index contributed by atoms with van der Waals surface area (Å²) in [6, 6.07) is 12.8. The molecule has 0 atom stereocenters. The van der Waals surface area contributed by atoms with Gasteiger partial charge in [-0.05, 0) is 18.2 Å². The van der Waals surface area contributed by atoms with Gasteiger partial charge in [-0.2, -0.15) is 10.4 Å². The second-order valence-electron chi connectivity index (χ2n) is 5.14. The van der Waals surface area contributed by atoms with Crippen molar-refractivity contribution in [3.8, 4) is 17.3 Å². The molecule has 3 rings (SSSR count). The van der Waals surface area contributed by atoms with Crippen molar-refractivity contribution in [2.45, 2.75) is 6.42 Å². The molecule has 2 heterocycles. The van der Waals surface area contributed by atoms with Crippen LogP contribution in [-0.2, 0) is 9.53 Å². The summed E-state index contributed by atoms with van der Waals surface area (Å²) in [5.41, 5.74) is 3.49. The van der Waals surface area contributed by atoms with Crippen LogP contribution in [-0.4, -0.2) is 34.2 Å². The number of hydrogen-bond donors (Lipinski definition) is 1. The Hall–Kier alpha value is -3.24. The molecule has 3 aromatic rings. The number of hydrogen-bond acceptors (Lipinski definition) is 5. The van der Waals surface area contributed by atoms with Crippen LogP contribution in [0.1, 0.15) is 12.0 Å². The highest BCUT2D eigenvalue weighted by atomic mass is 16.5. The Bertz CT molecular complexity index is 909. The first-order valence-corrected chi connectivity index (χ1v) is 7.34. The van der Waals surface area contributed by atoms with Gasteiger partial charge in [0.15, 0.2) is 5.65 Å². The number of anilines is 1. The Morgan fingerprint density at radius 2 is 2.12 bits per heavy atom. The fraction of sp³-hybridized carbons (Fsp3) is 0.176. The Morgan fingerprint density at radius 3 is 2.83 bits per heavy atom. The number of benzene rings is 1. The predicted molar refractivity (Wildman–Crippen MR) is 88.3 cm³/mol. The molecule has 2 aromatic heterocycles. The van der Waals surface area contributed by atoms with Gasteiger partial charge in [0.2, 0.25) is 5.91 Å². The number of carbonyl (C=O) groups excluding carboxylic acids is 1. The minimum absolute atomic E-state index is 0.133. The van der Waals surface area contributed by atoms with Crippen molar-refractivity contribution in [1.82, 2.24) is 14.6 Å². The molecule has 7 heteroatoms. The highest BCUT2D eigenvalue weighted by Gasteiger charge is 2.10. The summed E-state index contributed by atoms with van der Waals surface area (Å²) in [5, 5.41) is 16.0. The van der Waals surface area contributed by atoms with Crippen molar-refractivity contribution in [2.24, 2.45) is 0 Å². The van der Waals surface area contributed by atoms with Crippen LogP contribution >= 0.6 is 0 Å². The second kappa shape index (κ2) is 6.89. The first kappa shape index (κ1) is 15.6. The van der Waals surface area contributed by atoms with Gasteiger partial charge in [-0.25, -0.2) is 9.50 Å². The molecule has 0 aliphatic rings. The van der Waals surface area contributed by atoms with Crippen molar-refractivity contribution in [3.63, 3.8) is 0 Å². The molecule has 7 nitrogen and oxygen atoms in total. The molecular formula is C17H15N5O2. The number of ether oxygens (including phenoxy) is 1. The molecule has 120 valence electrons. The zero-order valence-electron chi connectivity index (χ0n) is 13.1. The number of pyridine rings is 1.